The summed E-state index contributed by atoms with van der Waals surface area (Å²) in [5.74, 6) is 0.790. The minimum atomic E-state index is -0.375. The van der Waals surface area contributed by atoms with E-state index in [-0.39, 0.29) is 12.6 Å². The fourth-order valence-corrected chi connectivity index (χ4v) is 2.78. The van der Waals surface area contributed by atoms with E-state index in [1.54, 1.807) is 0 Å². The Balaban J connectivity index is 1.87. The SMILES string of the molecule is CC1CCCCN1CCOc1ccccc1[C@@H](N)CO. The molecule has 1 fully saturated rings. The highest BCUT2D eigenvalue weighted by Crippen LogP contribution is 2.23. The van der Waals surface area contributed by atoms with Crippen LogP contribution in [0.4, 0.5) is 0 Å². The average Bonchev–Trinajstić information content (AvgIpc) is 2.49. The molecule has 0 aromatic heterocycles. The fourth-order valence-electron chi connectivity index (χ4n) is 2.78. The van der Waals surface area contributed by atoms with Gasteiger partial charge in [-0.15, -0.1) is 0 Å². The van der Waals surface area contributed by atoms with Crippen molar-refractivity contribution < 1.29 is 9.84 Å². The van der Waals surface area contributed by atoms with Crippen molar-refractivity contribution in [3.8, 4) is 5.75 Å². The number of likely N-dealkylation sites (tertiary alicyclic amines) is 1. The summed E-state index contributed by atoms with van der Waals surface area (Å²) in [4.78, 5) is 2.48. The molecule has 1 heterocycles. The van der Waals surface area contributed by atoms with Gasteiger partial charge in [0.2, 0.25) is 0 Å². The first kappa shape index (κ1) is 15.3. The Bertz CT molecular complexity index is 411. The van der Waals surface area contributed by atoms with Crippen LogP contribution < -0.4 is 10.5 Å². The van der Waals surface area contributed by atoms with Gasteiger partial charge in [0.25, 0.3) is 0 Å². The zero-order valence-electron chi connectivity index (χ0n) is 12.3. The summed E-state index contributed by atoms with van der Waals surface area (Å²) in [6.45, 7) is 5.00. The second-order valence-electron chi connectivity index (χ2n) is 5.56. The molecule has 0 aliphatic carbocycles. The number of hydrogen-bond acceptors (Lipinski definition) is 4. The number of nitrogens with two attached hydrogens (primary N) is 1. The van der Waals surface area contributed by atoms with Gasteiger partial charge >= 0.3 is 0 Å². The summed E-state index contributed by atoms with van der Waals surface area (Å²) >= 11 is 0. The maximum Gasteiger partial charge on any atom is 0.124 e. The standard InChI is InChI=1S/C16H26N2O2/c1-13-6-4-5-9-18(13)10-11-20-16-8-3-2-7-14(16)15(17)12-19/h2-3,7-8,13,15,19H,4-6,9-12,17H2,1H3/t13?,15-/m0/s1. The van der Waals surface area contributed by atoms with Crippen LogP contribution in [0.25, 0.3) is 0 Å². The van der Waals surface area contributed by atoms with Crippen LogP contribution in [-0.4, -0.2) is 42.4 Å². The minimum Gasteiger partial charge on any atom is -0.492 e. The molecule has 2 atom stereocenters. The van der Waals surface area contributed by atoms with Gasteiger partial charge < -0.3 is 15.6 Å². The molecule has 4 heteroatoms. The van der Waals surface area contributed by atoms with Gasteiger partial charge in [-0.2, -0.15) is 0 Å². The van der Waals surface area contributed by atoms with Gasteiger partial charge in [0.1, 0.15) is 12.4 Å². The van der Waals surface area contributed by atoms with Crippen molar-refractivity contribution in [1.82, 2.24) is 4.90 Å². The summed E-state index contributed by atoms with van der Waals surface area (Å²) < 4.78 is 5.88. The van der Waals surface area contributed by atoms with Crippen molar-refractivity contribution in [2.24, 2.45) is 5.73 Å². The quantitative estimate of drug-likeness (QED) is 0.835. The van der Waals surface area contributed by atoms with Crippen LogP contribution in [0.15, 0.2) is 24.3 Å². The van der Waals surface area contributed by atoms with Crippen molar-refractivity contribution in [2.75, 3.05) is 26.3 Å². The van der Waals surface area contributed by atoms with Crippen LogP contribution >= 0.6 is 0 Å². The molecule has 0 radical (unpaired) electrons. The number of nitrogens with zero attached hydrogens (tertiary/aromatic N) is 1. The monoisotopic (exact) mass is 278 g/mol. The molecule has 0 amide bonds. The summed E-state index contributed by atoms with van der Waals surface area (Å²) in [6, 6.07) is 7.98. The van der Waals surface area contributed by atoms with Crippen LogP contribution in [0.3, 0.4) is 0 Å². The lowest BCUT2D eigenvalue weighted by atomic mass is 10.0. The second-order valence-corrected chi connectivity index (χ2v) is 5.56. The number of piperidine rings is 1. The summed E-state index contributed by atoms with van der Waals surface area (Å²) in [5.41, 5.74) is 6.77. The van der Waals surface area contributed by atoms with E-state index in [4.69, 9.17) is 10.5 Å². The number of benzene rings is 1. The first-order chi connectivity index (χ1) is 9.72. The predicted octanol–water partition coefficient (Wildman–Crippen LogP) is 1.93. The molecule has 1 saturated heterocycles. The Morgan fingerprint density at radius 1 is 1.40 bits per heavy atom. The highest BCUT2D eigenvalue weighted by molar-refractivity contribution is 5.35. The second kappa shape index (κ2) is 7.62. The molecular weight excluding hydrogens is 252 g/mol. The largest absolute Gasteiger partial charge is 0.492 e. The maximum absolute atomic E-state index is 9.19. The van der Waals surface area contributed by atoms with Crippen LogP contribution in [0.2, 0.25) is 0 Å². The van der Waals surface area contributed by atoms with E-state index in [1.165, 1.54) is 25.8 Å². The number of aliphatic hydroxyl groups excluding tert-OH is 1. The van der Waals surface area contributed by atoms with Crippen LogP contribution in [-0.2, 0) is 0 Å². The lowest BCUT2D eigenvalue weighted by Gasteiger charge is -2.33. The van der Waals surface area contributed by atoms with E-state index in [0.717, 1.165) is 17.9 Å². The lowest BCUT2D eigenvalue weighted by molar-refractivity contribution is 0.132. The minimum absolute atomic E-state index is 0.0659. The zero-order valence-corrected chi connectivity index (χ0v) is 12.3. The Hall–Kier alpha value is -1.10. The summed E-state index contributed by atoms with van der Waals surface area (Å²) in [5, 5.41) is 9.19. The molecule has 1 aliphatic heterocycles. The third-order valence-corrected chi connectivity index (χ3v) is 4.09. The third-order valence-electron chi connectivity index (χ3n) is 4.09. The maximum atomic E-state index is 9.19. The summed E-state index contributed by atoms with van der Waals surface area (Å²) in [7, 11) is 0. The highest BCUT2D eigenvalue weighted by Gasteiger charge is 2.18. The normalized spacial score (nSPS) is 21.6. The van der Waals surface area contributed by atoms with Gasteiger partial charge in [-0.05, 0) is 32.4 Å². The summed E-state index contributed by atoms with van der Waals surface area (Å²) in [6.07, 6.45) is 3.91. The van der Waals surface area contributed by atoms with Crippen LogP contribution in [0.1, 0.15) is 37.8 Å². The van der Waals surface area contributed by atoms with Crippen LogP contribution in [0.5, 0.6) is 5.75 Å². The number of para-hydroxylation sites is 1. The Kier molecular flexibility index (Phi) is 5.83. The van der Waals surface area contributed by atoms with Crippen molar-refractivity contribution in [1.29, 1.82) is 0 Å². The molecule has 1 aromatic carbocycles. The topological polar surface area (TPSA) is 58.7 Å². The molecular formula is C16H26N2O2. The number of ether oxygens (including phenoxy) is 1. The van der Waals surface area contributed by atoms with E-state index in [2.05, 4.69) is 11.8 Å². The molecule has 1 aromatic rings. The number of rotatable bonds is 6. The van der Waals surface area contributed by atoms with Crippen molar-refractivity contribution >= 4 is 0 Å². The smallest absolute Gasteiger partial charge is 0.124 e. The molecule has 1 aliphatic rings. The van der Waals surface area contributed by atoms with E-state index >= 15 is 0 Å². The van der Waals surface area contributed by atoms with E-state index < -0.39 is 0 Å². The number of hydrogen-bond donors (Lipinski definition) is 2. The first-order valence-electron chi connectivity index (χ1n) is 7.54. The zero-order chi connectivity index (χ0) is 14.4. The molecule has 2 rings (SSSR count). The molecule has 0 saturated carbocycles. The van der Waals surface area contributed by atoms with Crippen molar-refractivity contribution in [3.63, 3.8) is 0 Å². The number of aliphatic hydroxyl groups is 1. The van der Waals surface area contributed by atoms with Crippen molar-refractivity contribution in [2.45, 2.75) is 38.3 Å². The molecule has 4 nitrogen and oxygen atoms in total. The van der Waals surface area contributed by atoms with Gasteiger partial charge in [-0.25, -0.2) is 0 Å². The van der Waals surface area contributed by atoms with Gasteiger partial charge in [0.05, 0.1) is 12.6 Å². The Morgan fingerprint density at radius 3 is 2.95 bits per heavy atom. The highest BCUT2D eigenvalue weighted by atomic mass is 16.5. The average molecular weight is 278 g/mol. The van der Waals surface area contributed by atoms with E-state index in [9.17, 15) is 5.11 Å². The predicted molar refractivity (Wildman–Crippen MR) is 80.8 cm³/mol. The van der Waals surface area contributed by atoms with Gasteiger partial charge in [-0.1, -0.05) is 24.6 Å². The van der Waals surface area contributed by atoms with E-state index in [0.29, 0.717) is 12.6 Å². The first-order valence-corrected chi connectivity index (χ1v) is 7.54. The van der Waals surface area contributed by atoms with Crippen LogP contribution in [0, 0.1) is 0 Å². The molecule has 0 bridgehead atoms. The third kappa shape index (κ3) is 3.95. The molecule has 20 heavy (non-hydrogen) atoms. The van der Waals surface area contributed by atoms with Gasteiger partial charge in [0.15, 0.2) is 0 Å². The van der Waals surface area contributed by atoms with E-state index in [1.807, 2.05) is 24.3 Å². The Morgan fingerprint density at radius 2 is 2.20 bits per heavy atom. The Labute approximate surface area is 121 Å². The molecule has 3 N–H and O–H groups in total. The molecule has 0 spiro atoms. The molecule has 1 unspecified atom stereocenters. The molecule has 112 valence electrons. The van der Waals surface area contributed by atoms with Gasteiger partial charge in [0, 0.05) is 18.2 Å². The fraction of sp³-hybridized carbons (Fsp3) is 0.625. The van der Waals surface area contributed by atoms with Gasteiger partial charge in [-0.3, -0.25) is 4.90 Å². The lowest BCUT2D eigenvalue weighted by Crippen LogP contribution is -2.40. The van der Waals surface area contributed by atoms with Crippen molar-refractivity contribution in [3.05, 3.63) is 29.8 Å².